The number of nitrogens with one attached hydrogen (secondary N) is 1. The maximum Gasteiger partial charge on any atom is 0.253 e. The van der Waals surface area contributed by atoms with Crippen LogP contribution in [0.25, 0.3) is 0 Å². The largest absolute Gasteiger partial charge is 0.346 e. The van der Waals surface area contributed by atoms with Crippen LogP contribution in [-0.4, -0.2) is 15.9 Å². The van der Waals surface area contributed by atoms with Gasteiger partial charge < -0.3 is 5.32 Å². The standard InChI is InChI=1S/C13H11ClFN3O/c1-8-11(15)5-10(14)12(18-8)7-17-13(19)9-3-2-4-16-6-9/h2-6H,7H2,1H3,(H,17,19)/i6T. The molecule has 19 heavy (non-hydrogen) atoms. The highest BCUT2D eigenvalue weighted by Gasteiger charge is 2.10. The molecule has 0 fully saturated rings. The zero-order valence-corrected chi connectivity index (χ0v) is 10.8. The summed E-state index contributed by atoms with van der Waals surface area (Å²) in [6, 6.07) is 4.22. The molecular weight excluding hydrogens is 269 g/mol. The van der Waals surface area contributed by atoms with E-state index in [4.69, 9.17) is 13.0 Å². The van der Waals surface area contributed by atoms with Gasteiger partial charge >= 0.3 is 0 Å². The smallest absolute Gasteiger partial charge is 0.253 e. The van der Waals surface area contributed by atoms with Crippen molar-refractivity contribution >= 4 is 17.5 Å². The summed E-state index contributed by atoms with van der Waals surface area (Å²) in [7, 11) is 0. The summed E-state index contributed by atoms with van der Waals surface area (Å²) in [4.78, 5) is 19.6. The first-order valence-corrected chi connectivity index (χ1v) is 5.88. The Kier molecular flexibility index (Phi) is 3.65. The lowest BCUT2D eigenvalue weighted by Gasteiger charge is -2.07. The second-order valence-electron chi connectivity index (χ2n) is 3.83. The summed E-state index contributed by atoms with van der Waals surface area (Å²) >= 11 is 5.86. The maximum atomic E-state index is 13.2. The third-order valence-corrected chi connectivity index (χ3v) is 2.77. The van der Waals surface area contributed by atoms with Gasteiger partial charge in [-0.25, -0.2) is 4.39 Å². The molecule has 2 aromatic rings. The number of carbonyl (C=O) groups is 1. The van der Waals surface area contributed by atoms with Crippen molar-refractivity contribution in [2.45, 2.75) is 13.5 Å². The number of amides is 1. The van der Waals surface area contributed by atoms with Crippen LogP contribution in [-0.2, 0) is 6.54 Å². The zero-order chi connectivity index (χ0) is 14.7. The molecule has 0 aliphatic carbocycles. The number of halogens is 2. The average Bonchev–Trinajstić information content (AvgIpc) is 2.41. The van der Waals surface area contributed by atoms with Crippen molar-refractivity contribution in [1.29, 1.82) is 0 Å². The van der Waals surface area contributed by atoms with Crippen molar-refractivity contribution in [3.8, 4) is 0 Å². The van der Waals surface area contributed by atoms with E-state index in [9.17, 15) is 9.18 Å². The topological polar surface area (TPSA) is 54.9 Å². The first kappa shape index (κ1) is 12.0. The highest BCUT2D eigenvalue weighted by atomic mass is 35.5. The van der Waals surface area contributed by atoms with Crippen LogP contribution in [0, 0.1) is 12.7 Å². The minimum atomic E-state index is -0.495. The van der Waals surface area contributed by atoms with Crippen LogP contribution in [0.5, 0.6) is 0 Å². The molecule has 0 aliphatic rings. The molecule has 2 aromatic heterocycles. The molecule has 4 nitrogen and oxygen atoms in total. The fraction of sp³-hybridized carbons (Fsp3) is 0.154. The summed E-state index contributed by atoms with van der Waals surface area (Å²) in [5.74, 6) is -0.950. The Morgan fingerprint density at radius 2 is 2.42 bits per heavy atom. The first-order chi connectivity index (χ1) is 9.49. The second-order valence-corrected chi connectivity index (χ2v) is 4.24. The number of hydrogen-bond donors (Lipinski definition) is 1. The van der Waals surface area contributed by atoms with Gasteiger partial charge in [0, 0.05) is 12.4 Å². The van der Waals surface area contributed by atoms with Crippen LogP contribution >= 0.6 is 11.6 Å². The number of rotatable bonds is 3. The molecule has 6 heteroatoms. The molecule has 0 atom stereocenters. The highest BCUT2D eigenvalue weighted by molar-refractivity contribution is 6.31. The van der Waals surface area contributed by atoms with E-state index in [1.807, 2.05) is 0 Å². The van der Waals surface area contributed by atoms with Gasteiger partial charge in [0.25, 0.3) is 5.91 Å². The number of aromatic nitrogens is 2. The van der Waals surface area contributed by atoms with Gasteiger partial charge in [0.2, 0.25) is 0 Å². The molecule has 0 aromatic carbocycles. The molecule has 0 spiro atoms. The molecule has 0 saturated carbocycles. The van der Waals surface area contributed by atoms with Crippen molar-refractivity contribution in [1.82, 2.24) is 15.3 Å². The monoisotopic (exact) mass is 281 g/mol. The van der Waals surface area contributed by atoms with Crippen molar-refractivity contribution in [2.24, 2.45) is 0 Å². The molecule has 0 unspecified atom stereocenters. The van der Waals surface area contributed by atoms with Crippen molar-refractivity contribution < 1.29 is 10.6 Å². The molecule has 1 N–H and O–H groups in total. The molecular formula is C13H11ClFN3O. The third-order valence-electron chi connectivity index (χ3n) is 2.45. The quantitative estimate of drug-likeness (QED) is 0.940. The van der Waals surface area contributed by atoms with E-state index in [0.717, 1.165) is 6.07 Å². The number of nitrogens with zero attached hydrogens (tertiary/aromatic N) is 2. The minimum Gasteiger partial charge on any atom is -0.346 e. The molecule has 1 amide bonds. The van der Waals surface area contributed by atoms with Crippen LogP contribution in [0.4, 0.5) is 4.39 Å². The van der Waals surface area contributed by atoms with E-state index in [0.29, 0.717) is 5.69 Å². The van der Waals surface area contributed by atoms with Gasteiger partial charge in [-0.3, -0.25) is 14.8 Å². The van der Waals surface area contributed by atoms with E-state index >= 15 is 0 Å². The Morgan fingerprint density at radius 3 is 3.16 bits per heavy atom. The predicted molar refractivity (Wildman–Crippen MR) is 69.3 cm³/mol. The summed E-state index contributed by atoms with van der Waals surface area (Å²) in [5, 5.41) is 2.72. The Hall–Kier alpha value is -2.01. The molecule has 0 radical (unpaired) electrons. The van der Waals surface area contributed by atoms with Gasteiger partial charge in [-0.05, 0) is 25.1 Å². The van der Waals surface area contributed by atoms with Gasteiger partial charge in [0.05, 0.1) is 29.9 Å². The van der Waals surface area contributed by atoms with E-state index in [1.165, 1.54) is 19.2 Å². The molecule has 2 rings (SSSR count). The van der Waals surface area contributed by atoms with Gasteiger partial charge in [-0.1, -0.05) is 11.6 Å². The summed E-state index contributed by atoms with van der Waals surface area (Å²) < 4.78 is 20.7. The lowest BCUT2D eigenvalue weighted by atomic mass is 10.2. The summed E-state index contributed by atoms with van der Waals surface area (Å²) in [6.07, 6.45) is 1.32. The van der Waals surface area contributed by atoms with E-state index < -0.39 is 11.7 Å². The van der Waals surface area contributed by atoms with Crippen LogP contribution in [0.3, 0.4) is 0 Å². The summed E-state index contributed by atoms with van der Waals surface area (Å²) in [6.45, 7) is 1.56. The van der Waals surface area contributed by atoms with Gasteiger partial charge in [0.1, 0.15) is 5.82 Å². The van der Waals surface area contributed by atoms with Crippen LogP contribution in [0.1, 0.15) is 23.1 Å². The minimum absolute atomic E-state index is 0.0487. The Bertz CT molecular complexity index is 666. The Balaban J connectivity index is 2.12. The van der Waals surface area contributed by atoms with E-state index in [1.54, 1.807) is 6.07 Å². The van der Waals surface area contributed by atoms with Crippen LogP contribution in [0.15, 0.2) is 30.6 Å². The molecule has 2 heterocycles. The van der Waals surface area contributed by atoms with Gasteiger partial charge in [-0.2, -0.15) is 0 Å². The highest BCUT2D eigenvalue weighted by Crippen LogP contribution is 2.17. The van der Waals surface area contributed by atoms with Crippen LogP contribution < -0.4 is 5.32 Å². The van der Waals surface area contributed by atoms with Crippen molar-refractivity contribution in [3.63, 3.8) is 0 Å². The molecule has 98 valence electrons. The Labute approximate surface area is 116 Å². The lowest BCUT2D eigenvalue weighted by molar-refractivity contribution is 0.0950. The fourth-order valence-electron chi connectivity index (χ4n) is 1.44. The van der Waals surface area contributed by atoms with E-state index in [2.05, 4.69) is 15.3 Å². The Morgan fingerprint density at radius 1 is 1.63 bits per heavy atom. The van der Waals surface area contributed by atoms with Crippen LogP contribution in [0.2, 0.25) is 5.02 Å². The first-order valence-electron chi connectivity index (χ1n) is 6.00. The zero-order valence-electron chi connectivity index (χ0n) is 11.1. The van der Waals surface area contributed by atoms with Crippen molar-refractivity contribution in [3.05, 3.63) is 58.4 Å². The van der Waals surface area contributed by atoms with E-state index in [-0.39, 0.29) is 29.0 Å². The summed E-state index contributed by atoms with van der Waals surface area (Å²) in [5.41, 5.74) is 0.734. The van der Waals surface area contributed by atoms with Gasteiger partial charge in [-0.15, -0.1) is 0 Å². The number of hydrogen-bond acceptors (Lipinski definition) is 3. The van der Waals surface area contributed by atoms with Crippen molar-refractivity contribution in [2.75, 3.05) is 0 Å². The second kappa shape index (κ2) is 5.75. The van der Waals surface area contributed by atoms with Gasteiger partial charge in [0.15, 0.2) is 0 Å². The molecule has 0 saturated heterocycles. The number of carbonyl (C=O) groups excluding carboxylic acids is 1. The number of pyridine rings is 2. The SMILES string of the molecule is [3H]c1ncccc1C(=O)NCc1nc(C)c(F)cc1Cl. The molecule has 0 aliphatic heterocycles. The average molecular weight is 282 g/mol. The molecule has 0 bridgehead atoms. The predicted octanol–water partition coefficient (Wildman–Crippen LogP) is 2.51. The maximum absolute atomic E-state index is 13.2. The fourth-order valence-corrected chi connectivity index (χ4v) is 1.65. The number of aryl methyl sites for hydroxylation is 1. The third kappa shape index (κ3) is 3.26. The lowest BCUT2D eigenvalue weighted by Crippen LogP contribution is -2.23. The normalized spacial score (nSPS) is 11.0.